The number of thiophene rings is 1. The van der Waals surface area contributed by atoms with E-state index in [4.69, 9.17) is 9.72 Å². The molecule has 0 spiro atoms. The number of ketones is 1. The first-order chi connectivity index (χ1) is 12.5. The van der Waals surface area contributed by atoms with E-state index in [0.717, 1.165) is 21.7 Å². The van der Waals surface area contributed by atoms with Gasteiger partial charge in [-0.25, -0.2) is 4.98 Å². The zero-order valence-corrected chi connectivity index (χ0v) is 16.8. The fourth-order valence-corrected chi connectivity index (χ4v) is 4.76. The van der Waals surface area contributed by atoms with E-state index >= 15 is 0 Å². The monoisotopic (exact) mass is 388 g/mol. The molecule has 0 saturated carbocycles. The highest BCUT2D eigenvalue weighted by atomic mass is 32.2. The second kappa shape index (κ2) is 7.63. The van der Waals surface area contributed by atoms with Crippen molar-refractivity contribution < 1.29 is 9.53 Å². The number of aromatic nitrogens is 2. The van der Waals surface area contributed by atoms with Crippen LogP contribution >= 0.6 is 23.1 Å². The number of rotatable bonds is 6. The number of nitrogens with zero attached hydrogens (tertiary/aromatic N) is 2. The number of methoxy groups -OCH3 is 1. The van der Waals surface area contributed by atoms with Gasteiger partial charge in [-0.2, -0.15) is 0 Å². The molecule has 0 aliphatic carbocycles. The van der Waals surface area contributed by atoms with E-state index in [1.165, 1.54) is 18.7 Å². The van der Waals surface area contributed by atoms with Crippen molar-refractivity contribution in [3.63, 3.8) is 0 Å². The number of carbonyl (C=O) groups excluding carboxylic acids is 1. The maximum absolute atomic E-state index is 13.3. The normalized spacial score (nSPS) is 11.1. The van der Waals surface area contributed by atoms with Gasteiger partial charge in [0.15, 0.2) is 5.16 Å². The predicted molar refractivity (Wildman–Crippen MR) is 107 cm³/mol. The molecule has 0 atom stereocenters. The molecule has 3 aromatic rings. The van der Waals surface area contributed by atoms with Crippen LogP contribution in [0, 0.1) is 6.92 Å². The van der Waals surface area contributed by atoms with Gasteiger partial charge in [0, 0.05) is 10.9 Å². The second-order valence-corrected chi connectivity index (χ2v) is 7.94. The minimum atomic E-state index is -0.109. The van der Waals surface area contributed by atoms with Gasteiger partial charge < -0.3 is 4.74 Å². The van der Waals surface area contributed by atoms with Crippen LogP contribution in [0.4, 0.5) is 0 Å². The first-order valence-corrected chi connectivity index (χ1v) is 10.1. The maximum atomic E-state index is 13.3. The largest absolute Gasteiger partial charge is 0.497 e. The Labute approximate surface area is 160 Å². The van der Waals surface area contributed by atoms with Crippen LogP contribution in [0.3, 0.4) is 0 Å². The Morgan fingerprint density at radius 3 is 2.81 bits per heavy atom. The SMILES string of the molecule is CCc1sc2nc(SCC(C)=O)n(-c3cccc(OC)c3)c(=O)c2c1C. The molecule has 0 saturated heterocycles. The molecule has 0 N–H and O–H groups in total. The van der Waals surface area contributed by atoms with Crippen LogP contribution in [-0.2, 0) is 11.2 Å². The van der Waals surface area contributed by atoms with Crippen LogP contribution < -0.4 is 10.3 Å². The number of aryl methyl sites for hydroxylation is 2. The van der Waals surface area contributed by atoms with Crippen molar-refractivity contribution in [3.05, 3.63) is 45.1 Å². The quantitative estimate of drug-likeness (QED) is 0.472. The van der Waals surface area contributed by atoms with Gasteiger partial charge >= 0.3 is 0 Å². The van der Waals surface area contributed by atoms with Gasteiger partial charge in [0.05, 0.1) is 23.9 Å². The lowest BCUT2D eigenvalue weighted by Gasteiger charge is -2.12. The summed E-state index contributed by atoms with van der Waals surface area (Å²) in [5.41, 5.74) is 1.56. The Balaban J connectivity index is 2.30. The third kappa shape index (κ3) is 3.41. The Morgan fingerprint density at radius 1 is 1.38 bits per heavy atom. The zero-order valence-electron chi connectivity index (χ0n) is 15.2. The summed E-state index contributed by atoms with van der Waals surface area (Å²) in [7, 11) is 1.59. The standard InChI is InChI=1S/C19H20N2O3S2/c1-5-15-12(3)16-17(26-15)20-19(25-10-11(2)22)21(18(16)23)13-7-6-8-14(9-13)24-4/h6-9H,5,10H2,1-4H3. The van der Waals surface area contributed by atoms with E-state index in [9.17, 15) is 9.59 Å². The average molecular weight is 389 g/mol. The third-order valence-corrected chi connectivity index (χ3v) is 6.48. The number of thioether (sulfide) groups is 1. The number of benzene rings is 1. The first-order valence-electron chi connectivity index (χ1n) is 8.28. The molecule has 1 aromatic carbocycles. The molecule has 136 valence electrons. The molecule has 2 heterocycles. The van der Waals surface area contributed by atoms with Crippen molar-refractivity contribution in [1.82, 2.24) is 9.55 Å². The van der Waals surface area contributed by atoms with Crippen LogP contribution in [0.5, 0.6) is 5.75 Å². The number of ether oxygens (including phenoxy) is 1. The molecule has 0 aliphatic heterocycles. The topological polar surface area (TPSA) is 61.2 Å². The van der Waals surface area contributed by atoms with Gasteiger partial charge in [-0.3, -0.25) is 14.2 Å². The van der Waals surface area contributed by atoms with Crippen molar-refractivity contribution in [2.75, 3.05) is 12.9 Å². The molecule has 0 amide bonds. The molecule has 0 fully saturated rings. The molecule has 0 unspecified atom stereocenters. The zero-order chi connectivity index (χ0) is 18.8. The highest BCUT2D eigenvalue weighted by Crippen LogP contribution is 2.31. The molecule has 0 radical (unpaired) electrons. The van der Waals surface area contributed by atoms with Crippen molar-refractivity contribution in [2.24, 2.45) is 0 Å². The Bertz CT molecular complexity index is 1040. The van der Waals surface area contributed by atoms with Crippen molar-refractivity contribution >= 4 is 39.1 Å². The highest BCUT2D eigenvalue weighted by molar-refractivity contribution is 7.99. The van der Waals surface area contributed by atoms with E-state index in [-0.39, 0.29) is 17.1 Å². The number of carbonyl (C=O) groups is 1. The summed E-state index contributed by atoms with van der Waals surface area (Å²) in [5, 5.41) is 1.18. The average Bonchev–Trinajstić information content (AvgIpc) is 2.96. The van der Waals surface area contributed by atoms with Crippen LogP contribution in [0.2, 0.25) is 0 Å². The van der Waals surface area contributed by atoms with Gasteiger partial charge in [0.25, 0.3) is 5.56 Å². The number of fused-ring (bicyclic) bond motifs is 1. The van der Waals surface area contributed by atoms with Crippen molar-refractivity contribution in [2.45, 2.75) is 32.3 Å². The summed E-state index contributed by atoms with van der Waals surface area (Å²) in [5.74, 6) is 0.971. The molecule has 26 heavy (non-hydrogen) atoms. The summed E-state index contributed by atoms with van der Waals surface area (Å²) < 4.78 is 6.87. The highest BCUT2D eigenvalue weighted by Gasteiger charge is 2.19. The summed E-state index contributed by atoms with van der Waals surface area (Å²) in [6.07, 6.45) is 0.862. The Kier molecular flexibility index (Phi) is 5.48. The Hall–Kier alpha value is -2.12. The van der Waals surface area contributed by atoms with Gasteiger partial charge in [-0.05, 0) is 38.0 Å². The summed E-state index contributed by atoms with van der Waals surface area (Å²) in [6, 6.07) is 7.31. The van der Waals surface area contributed by atoms with E-state index in [0.29, 0.717) is 22.0 Å². The molecule has 3 rings (SSSR count). The lowest BCUT2D eigenvalue weighted by molar-refractivity contribution is -0.114. The fourth-order valence-electron chi connectivity index (χ4n) is 2.79. The first kappa shape index (κ1) is 18.7. The van der Waals surface area contributed by atoms with E-state index in [1.807, 2.05) is 25.1 Å². The number of hydrogen-bond acceptors (Lipinski definition) is 6. The van der Waals surface area contributed by atoms with E-state index < -0.39 is 0 Å². The maximum Gasteiger partial charge on any atom is 0.267 e. The summed E-state index contributed by atoms with van der Waals surface area (Å²) >= 11 is 2.83. The summed E-state index contributed by atoms with van der Waals surface area (Å²) in [6.45, 7) is 5.58. The van der Waals surface area contributed by atoms with E-state index in [1.54, 1.807) is 29.1 Å². The molecule has 0 bridgehead atoms. The molecular weight excluding hydrogens is 368 g/mol. The smallest absolute Gasteiger partial charge is 0.267 e. The summed E-state index contributed by atoms with van der Waals surface area (Å²) in [4.78, 5) is 31.4. The molecule has 0 aliphatic rings. The second-order valence-electron chi connectivity index (χ2n) is 5.91. The predicted octanol–water partition coefficient (Wildman–Crippen LogP) is 4.01. The number of Topliss-reactive ketones (excluding diaryl/α,β-unsaturated/α-hetero) is 1. The minimum Gasteiger partial charge on any atom is -0.497 e. The van der Waals surface area contributed by atoms with Gasteiger partial charge in [-0.15, -0.1) is 11.3 Å². The number of hydrogen-bond donors (Lipinski definition) is 0. The lowest BCUT2D eigenvalue weighted by atomic mass is 10.2. The van der Waals surface area contributed by atoms with Gasteiger partial charge in [0.2, 0.25) is 0 Å². The molecular formula is C19H20N2O3S2. The van der Waals surface area contributed by atoms with Gasteiger partial charge in [0.1, 0.15) is 16.4 Å². The molecule has 2 aromatic heterocycles. The fraction of sp³-hybridized carbons (Fsp3) is 0.316. The third-order valence-electron chi connectivity index (χ3n) is 4.07. The van der Waals surface area contributed by atoms with Crippen LogP contribution in [0.25, 0.3) is 15.9 Å². The molecule has 7 heteroatoms. The Morgan fingerprint density at radius 2 is 2.15 bits per heavy atom. The molecule has 5 nitrogen and oxygen atoms in total. The van der Waals surface area contributed by atoms with Crippen LogP contribution in [0.1, 0.15) is 24.3 Å². The van der Waals surface area contributed by atoms with Crippen molar-refractivity contribution in [3.8, 4) is 11.4 Å². The van der Waals surface area contributed by atoms with Gasteiger partial charge in [-0.1, -0.05) is 24.8 Å². The lowest BCUT2D eigenvalue weighted by Crippen LogP contribution is -2.22. The van der Waals surface area contributed by atoms with Crippen LogP contribution in [-0.4, -0.2) is 28.2 Å². The minimum absolute atomic E-state index is 0.0399. The van der Waals surface area contributed by atoms with Crippen LogP contribution in [0.15, 0.2) is 34.2 Å². The van der Waals surface area contributed by atoms with Crippen molar-refractivity contribution in [1.29, 1.82) is 0 Å². The van der Waals surface area contributed by atoms with E-state index in [2.05, 4.69) is 6.92 Å².